The number of nitrogens with two attached hydrogens (primary N) is 1. The average molecular weight is 210 g/mol. The SMILES string of the molecule is Cn1ncc(N)c1NC(=O)C1CCOC1. The van der Waals surface area contributed by atoms with E-state index >= 15 is 0 Å². The third-order valence-corrected chi connectivity index (χ3v) is 2.51. The van der Waals surface area contributed by atoms with E-state index < -0.39 is 0 Å². The van der Waals surface area contributed by atoms with Crippen LogP contribution in [-0.2, 0) is 16.6 Å². The number of rotatable bonds is 2. The molecule has 2 rings (SSSR count). The fourth-order valence-corrected chi connectivity index (χ4v) is 1.57. The van der Waals surface area contributed by atoms with Crippen LogP contribution in [-0.4, -0.2) is 28.9 Å². The van der Waals surface area contributed by atoms with Crippen LogP contribution in [0.3, 0.4) is 0 Å². The Labute approximate surface area is 87.4 Å². The normalized spacial score (nSPS) is 20.5. The molecule has 1 atom stereocenters. The van der Waals surface area contributed by atoms with E-state index in [1.807, 2.05) is 0 Å². The number of amides is 1. The van der Waals surface area contributed by atoms with Crippen LogP contribution < -0.4 is 11.1 Å². The first-order chi connectivity index (χ1) is 7.18. The molecule has 0 aromatic carbocycles. The molecular formula is C9H14N4O2. The van der Waals surface area contributed by atoms with Crippen LogP contribution in [0.1, 0.15) is 6.42 Å². The second-order valence-corrected chi connectivity index (χ2v) is 3.62. The van der Waals surface area contributed by atoms with E-state index in [1.165, 1.54) is 6.20 Å². The van der Waals surface area contributed by atoms with E-state index in [1.54, 1.807) is 11.7 Å². The summed E-state index contributed by atoms with van der Waals surface area (Å²) < 4.78 is 6.69. The molecule has 1 aromatic rings. The van der Waals surface area contributed by atoms with Gasteiger partial charge in [0.05, 0.1) is 24.4 Å². The summed E-state index contributed by atoms with van der Waals surface area (Å²) in [6, 6.07) is 0. The number of carbonyl (C=O) groups is 1. The molecule has 0 spiro atoms. The third kappa shape index (κ3) is 1.94. The zero-order chi connectivity index (χ0) is 10.8. The van der Waals surface area contributed by atoms with Gasteiger partial charge < -0.3 is 15.8 Å². The number of aromatic nitrogens is 2. The minimum atomic E-state index is -0.0701. The van der Waals surface area contributed by atoms with Gasteiger partial charge in [0.2, 0.25) is 5.91 Å². The Bertz CT molecular complexity index is 349. The summed E-state index contributed by atoms with van der Waals surface area (Å²) >= 11 is 0. The van der Waals surface area contributed by atoms with Gasteiger partial charge in [-0.2, -0.15) is 5.10 Å². The number of nitrogens with zero attached hydrogens (tertiary/aromatic N) is 2. The number of nitrogens with one attached hydrogen (secondary N) is 1. The van der Waals surface area contributed by atoms with Crippen molar-refractivity contribution < 1.29 is 9.53 Å². The summed E-state index contributed by atoms with van der Waals surface area (Å²) in [4.78, 5) is 11.7. The van der Waals surface area contributed by atoms with Crippen molar-refractivity contribution in [1.29, 1.82) is 0 Å². The highest BCUT2D eigenvalue weighted by Gasteiger charge is 2.24. The second kappa shape index (κ2) is 3.90. The molecule has 82 valence electrons. The summed E-state index contributed by atoms with van der Waals surface area (Å²) in [5.74, 6) is 0.425. The molecule has 6 nitrogen and oxygen atoms in total. The molecule has 6 heteroatoms. The lowest BCUT2D eigenvalue weighted by Crippen LogP contribution is -2.24. The molecule has 1 aromatic heterocycles. The van der Waals surface area contributed by atoms with E-state index in [0.717, 1.165) is 6.42 Å². The van der Waals surface area contributed by atoms with Crippen LogP contribution >= 0.6 is 0 Å². The van der Waals surface area contributed by atoms with Gasteiger partial charge in [-0.25, -0.2) is 0 Å². The number of hydrogen-bond donors (Lipinski definition) is 2. The summed E-state index contributed by atoms with van der Waals surface area (Å²) in [6.45, 7) is 1.14. The Morgan fingerprint density at radius 2 is 2.60 bits per heavy atom. The Hall–Kier alpha value is -1.56. The minimum Gasteiger partial charge on any atom is -0.394 e. The first-order valence-corrected chi connectivity index (χ1v) is 4.84. The monoisotopic (exact) mass is 210 g/mol. The molecule has 3 N–H and O–H groups in total. The lowest BCUT2D eigenvalue weighted by Gasteiger charge is -2.09. The first-order valence-electron chi connectivity index (χ1n) is 4.84. The average Bonchev–Trinajstić information content (AvgIpc) is 2.82. The smallest absolute Gasteiger partial charge is 0.231 e. The first kappa shape index (κ1) is 9.97. The van der Waals surface area contributed by atoms with Crippen LogP contribution in [0.25, 0.3) is 0 Å². The molecule has 1 fully saturated rings. The Morgan fingerprint density at radius 3 is 3.13 bits per heavy atom. The lowest BCUT2D eigenvalue weighted by atomic mass is 10.1. The number of carbonyl (C=O) groups excluding carboxylic acids is 1. The number of nitrogen functional groups attached to an aromatic ring is 1. The summed E-state index contributed by atoms with van der Waals surface area (Å²) in [7, 11) is 1.73. The van der Waals surface area contributed by atoms with Crippen molar-refractivity contribution in [2.24, 2.45) is 13.0 Å². The lowest BCUT2D eigenvalue weighted by molar-refractivity contribution is -0.119. The van der Waals surface area contributed by atoms with Gasteiger partial charge in [0, 0.05) is 13.7 Å². The molecule has 2 heterocycles. The molecule has 1 aliphatic rings. The molecule has 1 saturated heterocycles. The molecule has 0 aliphatic carbocycles. The number of anilines is 2. The van der Waals surface area contributed by atoms with Crippen molar-refractivity contribution in [2.45, 2.75) is 6.42 Å². The Kier molecular flexibility index (Phi) is 2.59. The topological polar surface area (TPSA) is 82.2 Å². The van der Waals surface area contributed by atoms with E-state index in [4.69, 9.17) is 10.5 Å². The summed E-state index contributed by atoms with van der Waals surface area (Å²) in [5.41, 5.74) is 6.14. The van der Waals surface area contributed by atoms with E-state index in [0.29, 0.717) is 24.7 Å². The van der Waals surface area contributed by atoms with E-state index in [9.17, 15) is 4.79 Å². The zero-order valence-electron chi connectivity index (χ0n) is 8.56. The third-order valence-electron chi connectivity index (χ3n) is 2.51. The molecule has 0 saturated carbocycles. The number of ether oxygens (including phenoxy) is 1. The van der Waals surface area contributed by atoms with Crippen LogP contribution in [0.15, 0.2) is 6.20 Å². The maximum Gasteiger partial charge on any atom is 0.231 e. The zero-order valence-corrected chi connectivity index (χ0v) is 8.56. The molecule has 0 bridgehead atoms. The highest BCUT2D eigenvalue weighted by atomic mass is 16.5. The molecule has 1 unspecified atom stereocenters. The van der Waals surface area contributed by atoms with Crippen molar-refractivity contribution >= 4 is 17.4 Å². The number of aryl methyl sites for hydroxylation is 1. The number of hydrogen-bond acceptors (Lipinski definition) is 4. The van der Waals surface area contributed by atoms with Crippen molar-refractivity contribution in [2.75, 3.05) is 24.3 Å². The summed E-state index contributed by atoms with van der Waals surface area (Å²) in [5, 5.41) is 6.70. The van der Waals surface area contributed by atoms with Crippen LogP contribution in [0.2, 0.25) is 0 Å². The van der Waals surface area contributed by atoms with Crippen LogP contribution in [0.4, 0.5) is 11.5 Å². The molecular weight excluding hydrogens is 196 g/mol. The predicted octanol–water partition coefficient (Wildman–Crippen LogP) is -0.0227. The highest BCUT2D eigenvalue weighted by Crippen LogP contribution is 2.19. The van der Waals surface area contributed by atoms with Gasteiger partial charge in [-0.3, -0.25) is 9.48 Å². The quantitative estimate of drug-likeness (QED) is 0.718. The van der Waals surface area contributed by atoms with Gasteiger partial charge in [0.1, 0.15) is 0 Å². The molecule has 0 radical (unpaired) electrons. The second-order valence-electron chi connectivity index (χ2n) is 3.62. The van der Waals surface area contributed by atoms with Gasteiger partial charge in [-0.05, 0) is 6.42 Å². The molecule has 1 aliphatic heterocycles. The van der Waals surface area contributed by atoms with Crippen molar-refractivity contribution in [1.82, 2.24) is 9.78 Å². The predicted molar refractivity (Wildman–Crippen MR) is 55.2 cm³/mol. The minimum absolute atomic E-state index is 0.0530. The Balaban J connectivity index is 2.05. The molecule has 15 heavy (non-hydrogen) atoms. The van der Waals surface area contributed by atoms with Crippen molar-refractivity contribution in [3.63, 3.8) is 0 Å². The van der Waals surface area contributed by atoms with Gasteiger partial charge in [-0.15, -0.1) is 0 Å². The van der Waals surface area contributed by atoms with Gasteiger partial charge in [-0.1, -0.05) is 0 Å². The van der Waals surface area contributed by atoms with Gasteiger partial charge >= 0.3 is 0 Å². The largest absolute Gasteiger partial charge is 0.394 e. The maximum atomic E-state index is 11.7. The van der Waals surface area contributed by atoms with Crippen molar-refractivity contribution in [3.8, 4) is 0 Å². The molecule has 1 amide bonds. The van der Waals surface area contributed by atoms with Crippen LogP contribution in [0.5, 0.6) is 0 Å². The van der Waals surface area contributed by atoms with Crippen LogP contribution in [0, 0.1) is 5.92 Å². The van der Waals surface area contributed by atoms with E-state index in [2.05, 4.69) is 10.4 Å². The fourth-order valence-electron chi connectivity index (χ4n) is 1.57. The maximum absolute atomic E-state index is 11.7. The summed E-state index contributed by atoms with van der Waals surface area (Å²) in [6.07, 6.45) is 2.28. The van der Waals surface area contributed by atoms with Crippen molar-refractivity contribution in [3.05, 3.63) is 6.20 Å². The Morgan fingerprint density at radius 1 is 1.80 bits per heavy atom. The van der Waals surface area contributed by atoms with E-state index in [-0.39, 0.29) is 11.8 Å². The van der Waals surface area contributed by atoms with Gasteiger partial charge in [0.25, 0.3) is 0 Å². The fraction of sp³-hybridized carbons (Fsp3) is 0.556. The standard InChI is InChI=1S/C9H14N4O2/c1-13-8(7(10)4-11-13)12-9(14)6-2-3-15-5-6/h4,6H,2-3,5,10H2,1H3,(H,12,14). The van der Waals surface area contributed by atoms with Gasteiger partial charge in [0.15, 0.2) is 5.82 Å². The highest BCUT2D eigenvalue weighted by molar-refractivity contribution is 5.94.